The molecule has 1 aliphatic heterocycles. The van der Waals surface area contributed by atoms with E-state index in [1.54, 1.807) is 7.11 Å². The third kappa shape index (κ3) is 4.52. The fourth-order valence-electron chi connectivity index (χ4n) is 4.42. The Morgan fingerprint density at radius 1 is 1.27 bits per heavy atom. The minimum absolute atomic E-state index is 0.0561. The van der Waals surface area contributed by atoms with E-state index in [0.717, 1.165) is 50.1 Å². The van der Waals surface area contributed by atoms with Gasteiger partial charge in [-0.3, -0.25) is 9.48 Å². The molecule has 7 nitrogen and oxygen atoms in total. The molecule has 1 aromatic carbocycles. The summed E-state index contributed by atoms with van der Waals surface area (Å²) in [7, 11) is 1.69. The second-order valence-corrected chi connectivity index (χ2v) is 7.99. The number of aromatic nitrogens is 2. The molecule has 0 spiro atoms. The van der Waals surface area contributed by atoms with Gasteiger partial charge in [-0.15, -0.1) is 0 Å². The number of methoxy groups -OCH3 is 1. The topological polar surface area (TPSA) is 68.6 Å². The Morgan fingerprint density at radius 2 is 2.03 bits per heavy atom. The molecule has 1 fully saturated rings. The van der Waals surface area contributed by atoms with Crippen LogP contribution < -0.4 is 10.1 Å². The van der Waals surface area contributed by atoms with Crippen molar-refractivity contribution >= 4 is 5.91 Å². The minimum atomic E-state index is 0.0561. The van der Waals surface area contributed by atoms with Crippen molar-refractivity contribution in [2.24, 2.45) is 0 Å². The predicted octanol–water partition coefficient (Wildman–Crippen LogP) is 2.07. The molecule has 162 valence electrons. The van der Waals surface area contributed by atoms with Crippen LogP contribution >= 0.6 is 0 Å². The van der Waals surface area contributed by atoms with E-state index in [2.05, 4.69) is 24.4 Å². The lowest BCUT2D eigenvalue weighted by atomic mass is 9.91. The average molecular weight is 413 g/mol. The van der Waals surface area contributed by atoms with Crippen LogP contribution in [-0.2, 0) is 30.5 Å². The molecular formula is C23H32N4O3. The summed E-state index contributed by atoms with van der Waals surface area (Å²) >= 11 is 0. The summed E-state index contributed by atoms with van der Waals surface area (Å²) in [5, 5.41) is 8.41. The van der Waals surface area contributed by atoms with Gasteiger partial charge < -0.3 is 19.7 Å². The number of rotatable bonds is 7. The molecule has 0 bridgehead atoms. The van der Waals surface area contributed by atoms with E-state index in [9.17, 15) is 4.79 Å². The average Bonchev–Trinajstić information content (AvgIpc) is 3.17. The molecule has 1 saturated heterocycles. The van der Waals surface area contributed by atoms with Gasteiger partial charge in [-0.2, -0.15) is 5.10 Å². The van der Waals surface area contributed by atoms with Crippen LogP contribution in [0.2, 0.25) is 0 Å². The van der Waals surface area contributed by atoms with E-state index in [1.165, 1.54) is 11.3 Å². The second kappa shape index (κ2) is 9.62. The maximum absolute atomic E-state index is 13.1. The Hall–Kier alpha value is -2.38. The van der Waals surface area contributed by atoms with E-state index >= 15 is 0 Å². The highest BCUT2D eigenvalue weighted by Gasteiger charge is 2.31. The van der Waals surface area contributed by atoms with Crippen molar-refractivity contribution in [1.82, 2.24) is 20.0 Å². The Labute approximate surface area is 178 Å². The van der Waals surface area contributed by atoms with E-state index in [4.69, 9.17) is 14.6 Å². The maximum atomic E-state index is 13.1. The summed E-state index contributed by atoms with van der Waals surface area (Å²) in [5.74, 6) is 0.942. The number of carbonyl (C=O) groups is 1. The number of benzene rings is 1. The first-order chi connectivity index (χ1) is 14.7. The lowest BCUT2D eigenvalue weighted by Gasteiger charge is -2.28. The molecule has 2 heterocycles. The molecule has 2 aromatic rings. The van der Waals surface area contributed by atoms with Gasteiger partial charge in [0.05, 0.1) is 20.3 Å². The monoisotopic (exact) mass is 412 g/mol. The summed E-state index contributed by atoms with van der Waals surface area (Å²) in [6.45, 7) is 6.33. The van der Waals surface area contributed by atoms with Gasteiger partial charge in [-0.05, 0) is 56.8 Å². The molecule has 0 saturated carbocycles. The predicted molar refractivity (Wildman–Crippen MR) is 115 cm³/mol. The highest BCUT2D eigenvalue weighted by Crippen LogP contribution is 2.26. The number of fused-ring (bicyclic) bond motifs is 1. The first kappa shape index (κ1) is 20.9. The first-order valence-electron chi connectivity index (χ1n) is 11.0. The van der Waals surface area contributed by atoms with Crippen LogP contribution in [0, 0.1) is 0 Å². The number of nitrogens with zero attached hydrogens (tertiary/aromatic N) is 3. The number of hydrogen-bond acceptors (Lipinski definition) is 5. The van der Waals surface area contributed by atoms with Gasteiger partial charge in [-0.25, -0.2) is 0 Å². The van der Waals surface area contributed by atoms with Crippen molar-refractivity contribution in [2.45, 2.75) is 45.2 Å². The van der Waals surface area contributed by atoms with E-state index in [1.807, 2.05) is 21.7 Å². The third-order valence-electron chi connectivity index (χ3n) is 6.15. The quantitative estimate of drug-likeness (QED) is 0.754. The smallest absolute Gasteiger partial charge is 0.274 e. The normalized spacial score (nSPS) is 18.9. The molecule has 30 heavy (non-hydrogen) atoms. The molecule has 1 N–H and O–H groups in total. The van der Waals surface area contributed by atoms with Crippen molar-refractivity contribution in [3.8, 4) is 5.75 Å². The number of morpholine rings is 1. The molecule has 1 amide bonds. The highest BCUT2D eigenvalue weighted by atomic mass is 16.5. The fourth-order valence-corrected chi connectivity index (χ4v) is 4.42. The number of ether oxygens (including phenoxy) is 2. The van der Waals surface area contributed by atoms with Crippen molar-refractivity contribution < 1.29 is 14.3 Å². The maximum Gasteiger partial charge on any atom is 0.274 e. The number of hydrogen-bond donors (Lipinski definition) is 1. The fraction of sp³-hybridized carbons (Fsp3) is 0.565. The standard InChI is InChI=1S/C23H32N4O3/c1-3-27-21-9-6-18(24-11-10-17-4-7-19(29-2)8-5-17)16-20(21)22(25-27)23(28)26-12-14-30-15-13-26/h4-5,7-8,18,24H,3,6,9-16H2,1-2H3. The molecule has 1 aliphatic carbocycles. The molecule has 4 rings (SSSR count). The molecule has 1 unspecified atom stereocenters. The van der Waals surface area contributed by atoms with E-state index in [-0.39, 0.29) is 5.91 Å². The summed E-state index contributed by atoms with van der Waals surface area (Å²) in [4.78, 5) is 15.0. The van der Waals surface area contributed by atoms with E-state index in [0.29, 0.717) is 38.0 Å². The van der Waals surface area contributed by atoms with Crippen LogP contribution in [0.15, 0.2) is 24.3 Å². The Balaban J connectivity index is 1.40. The SMILES string of the molecule is CCn1nc(C(=O)N2CCOCC2)c2c1CCC(NCCc1ccc(OC)cc1)C2. The lowest BCUT2D eigenvalue weighted by Crippen LogP contribution is -2.42. The highest BCUT2D eigenvalue weighted by molar-refractivity contribution is 5.94. The summed E-state index contributed by atoms with van der Waals surface area (Å²) in [5.41, 5.74) is 4.32. The van der Waals surface area contributed by atoms with Gasteiger partial charge in [0, 0.05) is 36.9 Å². The van der Waals surface area contributed by atoms with Gasteiger partial charge >= 0.3 is 0 Å². The van der Waals surface area contributed by atoms with Gasteiger partial charge in [0.25, 0.3) is 5.91 Å². The van der Waals surface area contributed by atoms with Crippen molar-refractivity contribution in [3.63, 3.8) is 0 Å². The molecule has 1 atom stereocenters. The largest absolute Gasteiger partial charge is 0.497 e. The molecule has 1 aromatic heterocycles. The zero-order valence-corrected chi connectivity index (χ0v) is 18.0. The summed E-state index contributed by atoms with van der Waals surface area (Å²) < 4.78 is 12.6. The zero-order chi connectivity index (χ0) is 20.9. The number of nitrogens with one attached hydrogen (secondary N) is 1. The van der Waals surface area contributed by atoms with E-state index < -0.39 is 0 Å². The number of aryl methyl sites for hydroxylation is 1. The van der Waals surface area contributed by atoms with Crippen LogP contribution in [0.1, 0.15) is 40.7 Å². The van der Waals surface area contributed by atoms with Gasteiger partial charge in [0.15, 0.2) is 5.69 Å². The summed E-state index contributed by atoms with van der Waals surface area (Å²) in [6, 6.07) is 8.62. The lowest BCUT2D eigenvalue weighted by molar-refractivity contribution is 0.0297. The van der Waals surface area contributed by atoms with Crippen molar-refractivity contribution in [2.75, 3.05) is 40.0 Å². The molecule has 0 radical (unpaired) electrons. The molecule has 7 heteroatoms. The minimum Gasteiger partial charge on any atom is -0.497 e. The Morgan fingerprint density at radius 3 is 2.73 bits per heavy atom. The second-order valence-electron chi connectivity index (χ2n) is 7.99. The number of carbonyl (C=O) groups excluding carboxylic acids is 1. The molecular weight excluding hydrogens is 380 g/mol. The Kier molecular flexibility index (Phi) is 6.69. The zero-order valence-electron chi connectivity index (χ0n) is 18.0. The number of amides is 1. The van der Waals surface area contributed by atoms with Gasteiger partial charge in [0.1, 0.15) is 5.75 Å². The van der Waals surface area contributed by atoms with Gasteiger partial charge in [0.2, 0.25) is 0 Å². The summed E-state index contributed by atoms with van der Waals surface area (Å²) in [6.07, 6.45) is 3.88. The van der Waals surface area contributed by atoms with Crippen LogP contribution in [0.4, 0.5) is 0 Å². The van der Waals surface area contributed by atoms with Crippen LogP contribution in [0.3, 0.4) is 0 Å². The first-order valence-corrected chi connectivity index (χ1v) is 11.0. The Bertz CT molecular complexity index is 856. The van der Waals surface area contributed by atoms with Crippen molar-refractivity contribution in [3.05, 3.63) is 46.8 Å². The van der Waals surface area contributed by atoms with Crippen LogP contribution in [0.5, 0.6) is 5.75 Å². The van der Waals surface area contributed by atoms with Crippen molar-refractivity contribution in [1.29, 1.82) is 0 Å². The van der Waals surface area contributed by atoms with Crippen LogP contribution in [0.25, 0.3) is 0 Å². The van der Waals surface area contributed by atoms with Gasteiger partial charge in [-0.1, -0.05) is 12.1 Å². The van der Waals surface area contributed by atoms with Crippen LogP contribution in [-0.4, -0.2) is 66.6 Å². The third-order valence-corrected chi connectivity index (χ3v) is 6.15. The molecule has 2 aliphatic rings.